The van der Waals surface area contributed by atoms with Crippen LogP contribution >= 0.6 is 22.6 Å². The van der Waals surface area contributed by atoms with Crippen molar-refractivity contribution >= 4 is 22.6 Å². The lowest BCUT2D eigenvalue weighted by molar-refractivity contribution is 0.816. The summed E-state index contributed by atoms with van der Waals surface area (Å²) in [6, 6.07) is 6.53. The minimum atomic E-state index is 0.956. The highest BCUT2D eigenvalue weighted by molar-refractivity contribution is 14.1. The van der Waals surface area contributed by atoms with Crippen molar-refractivity contribution in [3.63, 3.8) is 0 Å². The third kappa shape index (κ3) is 2.45. The van der Waals surface area contributed by atoms with Gasteiger partial charge < -0.3 is 5.32 Å². The average molecular weight is 261 g/mol. The quantitative estimate of drug-likeness (QED) is 0.805. The molecule has 0 radical (unpaired) electrons. The van der Waals surface area contributed by atoms with E-state index in [-0.39, 0.29) is 0 Å². The van der Waals surface area contributed by atoms with E-state index >= 15 is 0 Å². The molecule has 0 aliphatic carbocycles. The Morgan fingerprint density at radius 1 is 1.45 bits per heavy atom. The minimum Gasteiger partial charge on any atom is -0.316 e. The first-order valence-electron chi connectivity index (χ1n) is 3.63. The van der Waals surface area contributed by atoms with E-state index in [1.807, 2.05) is 7.05 Å². The van der Waals surface area contributed by atoms with Crippen LogP contribution < -0.4 is 5.32 Å². The summed E-state index contributed by atoms with van der Waals surface area (Å²) < 4.78 is 1.34. The van der Waals surface area contributed by atoms with Gasteiger partial charge in [0.15, 0.2) is 0 Å². The van der Waals surface area contributed by atoms with Crippen molar-refractivity contribution in [1.29, 1.82) is 0 Å². The van der Waals surface area contributed by atoms with E-state index in [1.54, 1.807) is 0 Å². The smallest absolute Gasteiger partial charge is 0.0202 e. The van der Waals surface area contributed by atoms with E-state index in [1.165, 1.54) is 14.7 Å². The maximum atomic E-state index is 3.13. The predicted molar refractivity (Wildman–Crippen MR) is 56.7 cm³/mol. The van der Waals surface area contributed by atoms with E-state index in [9.17, 15) is 0 Å². The first kappa shape index (κ1) is 9.00. The molecule has 0 spiro atoms. The lowest BCUT2D eigenvalue weighted by Gasteiger charge is -2.02. The highest BCUT2D eigenvalue weighted by Crippen LogP contribution is 2.12. The van der Waals surface area contributed by atoms with Crippen molar-refractivity contribution in [3.8, 4) is 0 Å². The monoisotopic (exact) mass is 261 g/mol. The summed E-state index contributed by atoms with van der Waals surface area (Å²) in [4.78, 5) is 0. The number of benzene rings is 1. The lowest BCUT2D eigenvalue weighted by atomic mass is 10.1. The molecule has 0 bridgehead atoms. The summed E-state index contributed by atoms with van der Waals surface area (Å²) in [6.07, 6.45) is 0. The fourth-order valence-corrected chi connectivity index (χ4v) is 1.36. The number of aryl methyl sites for hydroxylation is 1. The second-order valence-electron chi connectivity index (χ2n) is 2.61. The molecule has 1 nitrogen and oxygen atoms in total. The third-order valence-corrected chi connectivity index (χ3v) is 2.81. The van der Waals surface area contributed by atoms with Crippen LogP contribution in [0.4, 0.5) is 0 Å². The fourth-order valence-electron chi connectivity index (χ4n) is 1.02. The summed E-state index contributed by atoms with van der Waals surface area (Å²) in [5, 5.41) is 3.13. The zero-order valence-electron chi connectivity index (χ0n) is 6.82. The SMILES string of the molecule is CNCc1ccc(I)c(C)c1. The second kappa shape index (κ2) is 4.07. The Kier molecular flexibility index (Phi) is 3.33. The molecule has 0 saturated heterocycles. The molecule has 1 aromatic carbocycles. The fraction of sp³-hybridized carbons (Fsp3) is 0.333. The standard InChI is InChI=1S/C9H12IN/c1-7-5-8(6-11-2)3-4-9(7)10/h3-5,11H,6H2,1-2H3. The summed E-state index contributed by atoms with van der Waals surface area (Å²) >= 11 is 2.35. The van der Waals surface area contributed by atoms with Crippen LogP contribution in [-0.4, -0.2) is 7.05 Å². The number of hydrogen-bond donors (Lipinski definition) is 1. The average Bonchev–Trinajstić information content (AvgIpc) is 1.98. The van der Waals surface area contributed by atoms with Crippen molar-refractivity contribution in [2.45, 2.75) is 13.5 Å². The first-order chi connectivity index (χ1) is 5.24. The molecule has 60 valence electrons. The van der Waals surface area contributed by atoms with Gasteiger partial charge in [-0.25, -0.2) is 0 Å². The zero-order chi connectivity index (χ0) is 8.27. The van der Waals surface area contributed by atoms with E-state index in [0.717, 1.165) is 6.54 Å². The maximum absolute atomic E-state index is 3.13. The number of hydrogen-bond acceptors (Lipinski definition) is 1. The molecule has 1 aromatic rings. The van der Waals surface area contributed by atoms with Gasteiger partial charge in [-0.05, 0) is 53.8 Å². The molecule has 0 aliphatic rings. The van der Waals surface area contributed by atoms with Crippen molar-refractivity contribution < 1.29 is 0 Å². The van der Waals surface area contributed by atoms with E-state index in [0.29, 0.717) is 0 Å². The van der Waals surface area contributed by atoms with Crippen LogP contribution in [0.5, 0.6) is 0 Å². The number of nitrogens with one attached hydrogen (secondary N) is 1. The first-order valence-corrected chi connectivity index (χ1v) is 4.71. The predicted octanol–water partition coefficient (Wildman–Crippen LogP) is 2.32. The van der Waals surface area contributed by atoms with Gasteiger partial charge in [-0.3, -0.25) is 0 Å². The molecule has 0 fully saturated rings. The van der Waals surface area contributed by atoms with Crippen molar-refractivity contribution in [2.75, 3.05) is 7.05 Å². The largest absolute Gasteiger partial charge is 0.316 e. The highest BCUT2D eigenvalue weighted by Gasteiger charge is 1.94. The Morgan fingerprint density at radius 2 is 2.18 bits per heavy atom. The summed E-state index contributed by atoms with van der Waals surface area (Å²) in [6.45, 7) is 3.10. The van der Waals surface area contributed by atoms with Crippen LogP contribution in [-0.2, 0) is 6.54 Å². The second-order valence-corrected chi connectivity index (χ2v) is 3.78. The van der Waals surface area contributed by atoms with Gasteiger partial charge in [-0.2, -0.15) is 0 Å². The van der Waals surface area contributed by atoms with Gasteiger partial charge in [-0.15, -0.1) is 0 Å². The van der Waals surface area contributed by atoms with Gasteiger partial charge in [0.1, 0.15) is 0 Å². The Morgan fingerprint density at radius 3 is 2.73 bits per heavy atom. The van der Waals surface area contributed by atoms with Crippen LogP contribution in [0.1, 0.15) is 11.1 Å². The molecule has 0 amide bonds. The Labute approximate surface area is 81.3 Å². The van der Waals surface area contributed by atoms with E-state index in [4.69, 9.17) is 0 Å². The molecule has 1 N–H and O–H groups in total. The van der Waals surface area contributed by atoms with Gasteiger partial charge in [0.2, 0.25) is 0 Å². The Bertz CT molecular complexity index is 245. The molecule has 0 unspecified atom stereocenters. The van der Waals surface area contributed by atoms with Gasteiger partial charge in [0.05, 0.1) is 0 Å². The summed E-state index contributed by atoms with van der Waals surface area (Å²) in [5.74, 6) is 0. The number of rotatable bonds is 2. The Balaban J connectivity index is 2.86. The zero-order valence-corrected chi connectivity index (χ0v) is 8.97. The van der Waals surface area contributed by atoms with Crippen LogP contribution in [0.15, 0.2) is 18.2 Å². The molecule has 0 saturated carbocycles. The summed E-state index contributed by atoms with van der Waals surface area (Å²) in [5.41, 5.74) is 2.71. The van der Waals surface area contributed by atoms with Crippen LogP contribution in [0.3, 0.4) is 0 Å². The number of halogens is 1. The molecular formula is C9H12IN. The minimum absolute atomic E-state index is 0.956. The molecule has 11 heavy (non-hydrogen) atoms. The van der Waals surface area contributed by atoms with Gasteiger partial charge >= 0.3 is 0 Å². The lowest BCUT2D eigenvalue weighted by Crippen LogP contribution is -2.05. The van der Waals surface area contributed by atoms with Crippen LogP contribution in [0, 0.1) is 10.5 Å². The van der Waals surface area contributed by atoms with Crippen molar-refractivity contribution in [2.24, 2.45) is 0 Å². The van der Waals surface area contributed by atoms with Gasteiger partial charge in [0, 0.05) is 10.1 Å². The van der Waals surface area contributed by atoms with E-state index < -0.39 is 0 Å². The molecule has 0 atom stereocenters. The Hall–Kier alpha value is -0.0900. The van der Waals surface area contributed by atoms with Crippen molar-refractivity contribution in [3.05, 3.63) is 32.9 Å². The van der Waals surface area contributed by atoms with Gasteiger partial charge in [-0.1, -0.05) is 12.1 Å². The third-order valence-electron chi connectivity index (χ3n) is 1.60. The molecule has 0 heterocycles. The van der Waals surface area contributed by atoms with Crippen LogP contribution in [0.25, 0.3) is 0 Å². The topological polar surface area (TPSA) is 12.0 Å². The molecule has 0 aliphatic heterocycles. The summed E-state index contributed by atoms with van der Waals surface area (Å²) in [7, 11) is 1.97. The molecule has 1 rings (SSSR count). The molecule has 2 heteroatoms. The normalized spacial score (nSPS) is 10.1. The van der Waals surface area contributed by atoms with E-state index in [2.05, 4.69) is 53.0 Å². The maximum Gasteiger partial charge on any atom is 0.0202 e. The van der Waals surface area contributed by atoms with Crippen LogP contribution in [0.2, 0.25) is 0 Å². The molecule has 0 aromatic heterocycles. The van der Waals surface area contributed by atoms with Gasteiger partial charge in [0.25, 0.3) is 0 Å². The molecular weight excluding hydrogens is 249 g/mol. The highest BCUT2D eigenvalue weighted by atomic mass is 127. The van der Waals surface area contributed by atoms with Crippen molar-refractivity contribution in [1.82, 2.24) is 5.32 Å².